The maximum atomic E-state index is 13.1. The predicted octanol–water partition coefficient (Wildman–Crippen LogP) is 3.36. The third kappa shape index (κ3) is 3.03. The summed E-state index contributed by atoms with van der Waals surface area (Å²) in [6.07, 6.45) is 15.0. The number of carbonyl (C=O) groups is 1. The molecule has 4 rings (SSSR count). The molecule has 3 unspecified atom stereocenters. The lowest BCUT2D eigenvalue weighted by Gasteiger charge is -2.44. The Kier molecular flexibility index (Phi) is 4.38. The zero-order valence-electron chi connectivity index (χ0n) is 13.4. The van der Waals surface area contributed by atoms with Gasteiger partial charge < -0.3 is 4.90 Å². The highest BCUT2D eigenvalue weighted by Crippen LogP contribution is 2.40. The predicted molar refractivity (Wildman–Crippen MR) is 92.7 cm³/mol. The summed E-state index contributed by atoms with van der Waals surface area (Å²) in [5.41, 5.74) is 1.03. The Balaban J connectivity index is 1.49. The van der Waals surface area contributed by atoms with Crippen molar-refractivity contribution < 1.29 is 4.79 Å². The van der Waals surface area contributed by atoms with Crippen molar-refractivity contribution in [3.8, 4) is 0 Å². The fourth-order valence-electron chi connectivity index (χ4n) is 4.32. The van der Waals surface area contributed by atoms with Crippen LogP contribution in [-0.4, -0.2) is 39.1 Å². The Hall–Kier alpha value is -1.36. The molecule has 1 aromatic heterocycles. The van der Waals surface area contributed by atoms with Crippen LogP contribution >= 0.6 is 11.8 Å². The zero-order chi connectivity index (χ0) is 15.6. The number of piperidine rings is 1. The van der Waals surface area contributed by atoms with Gasteiger partial charge in [-0.3, -0.25) is 4.79 Å². The van der Waals surface area contributed by atoms with Gasteiger partial charge in [-0.05, 0) is 31.6 Å². The van der Waals surface area contributed by atoms with Crippen molar-refractivity contribution in [3.63, 3.8) is 0 Å². The molecule has 0 N–H and O–H groups in total. The summed E-state index contributed by atoms with van der Waals surface area (Å²) in [6, 6.07) is 0.507. The van der Waals surface area contributed by atoms with Gasteiger partial charge >= 0.3 is 0 Å². The molecule has 0 aromatic carbocycles. The fraction of sp³-hybridized carbons (Fsp3) is 0.611. The zero-order valence-corrected chi connectivity index (χ0v) is 14.2. The largest absolute Gasteiger partial charge is 0.339 e. The average molecular weight is 329 g/mol. The molecule has 2 aliphatic heterocycles. The molecule has 1 amide bonds. The number of hydrogen-bond acceptors (Lipinski definition) is 4. The lowest BCUT2D eigenvalue weighted by atomic mass is 9.78. The lowest BCUT2D eigenvalue weighted by Crippen LogP contribution is -2.51. The highest BCUT2D eigenvalue weighted by Gasteiger charge is 2.38. The van der Waals surface area contributed by atoms with E-state index < -0.39 is 0 Å². The van der Waals surface area contributed by atoms with E-state index in [0.717, 1.165) is 28.7 Å². The normalized spacial score (nSPS) is 30.7. The molecule has 3 atom stereocenters. The third-order valence-corrected chi connectivity index (χ3v) is 6.67. The van der Waals surface area contributed by atoms with Crippen molar-refractivity contribution in [1.82, 2.24) is 14.9 Å². The van der Waals surface area contributed by atoms with E-state index in [4.69, 9.17) is 0 Å². The van der Waals surface area contributed by atoms with Gasteiger partial charge in [-0.25, -0.2) is 9.97 Å². The average Bonchev–Trinajstić information content (AvgIpc) is 3.11. The fourth-order valence-corrected chi connectivity index (χ4v) is 5.45. The van der Waals surface area contributed by atoms with Crippen LogP contribution in [0.1, 0.15) is 44.1 Å². The number of fused-ring (bicyclic) bond motifs is 1. The Morgan fingerprint density at radius 1 is 1.13 bits per heavy atom. The van der Waals surface area contributed by atoms with Crippen LogP contribution in [-0.2, 0) is 4.79 Å². The summed E-state index contributed by atoms with van der Waals surface area (Å²) in [4.78, 5) is 24.6. The maximum absolute atomic E-state index is 13.1. The SMILES string of the molecule is O=C(C1C=C(c2cncnc2)SC1)N1CCCC2CCCCC21. The van der Waals surface area contributed by atoms with E-state index in [9.17, 15) is 4.79 Å². The van der Waals surface area contributed by atoms with E-state index in [2.05, 4.69) is 20.9 Å². The Morgan fingerprint density at radius 3 is 2.78 bits per heavy atom. The highest BCUT2D eigenvalue weighted by atomic mass is 32.2. The number of nitrogens with zero attached hydrogens (tertiary/aromatic N) is 3. The van der Waals surface area contributed by atoms with Crippen LogP contribution in [0.3, 0.4) is 0 Å². The van der Waals surface area contributed by atoms with Crippen LogP contribution in [0.25, 0.3) is 4.91 Å². The lowest BCUT2D eigenvalue weighted by molar-refractivity contribution is -0.139. The second-order valence-corrected chi connectivity index (χ2v) is 7.92. The van der Waals surface area contributed by atoms with Crippen LogP contribution in [0.2, 0.25) is 0 Å². The molecule has 0 radical (unpaired) electrons. The van der Waals surface area contributed by atoms with Crippen LogP contribution in [0.4, 0.5) is 0 Å². The van der Waals surface area contributed by atoms with Gasteiger partial charge in [-0.2, -0.15) is 0 Å². The first kappa shape index (κ1) is 15.2. The second-order valence-electron chi connectivity index (χ2n) is 6.86. The molecule has 23 heavy (non-hydrogen) atoms. The second kappa shape index (κ2) is 6.63. The molecule has 1 aromatic rings. The van der Waals surface area contributed by atoms with Crippen molar-refractivity contribution in [3.05, 3.63) is 30.4 Å². The van der Waals surface area contributed by atoms with Crippen LogP contribution in [0.5, 0.6) is 0 Å². The Labute approximate surface area is 141 Å². The molecule has 122 valence electrons. The molecule has 1 aliphatic carbocycles. The Morgan fingerprint density at radius 2 is 1.91 bits per heavy atom. The summed E-state index contributed by atoms with van der Waals surface area (Å²) in [6.45, 7) is 0.957. The van der Waals surface area contributed by atoms with Crippen LogP contribution < -0.4 is 0 Å². The number of aromatic nitrogens is 2. The van der Waals surface area contributed by atoms with Gasteiger partial charge in [-0.1, -0.05) is 18.9 Å². The number of carbonyl (C=O) groups excluding carboxylic acids is 1. The molecular weight excluding hydrogens is 306 g/mol. The molecule has 1 saturated heterocycles. The van der Waals surface area contributed by atoms with Crippen molar-refractivity contribution in [2.24, 2.45) is 11.8 Å². The molecule has 4 nitrogen and oxygen atoms in total. The number of hydrogen-bond donors (Lipinski definition) is 0. The quantitative estimate of drug-likeness (QED) is 0.834. The maximum Gasteiger partial charge on any atom is 0.230 e. The van der Waals surface area contributed by atoms with Crippen LogP contribution in [0.15, 0.2) is 24.8 Å². The number of amides is 1. The minimum absolute atomic E-state index is 0.0240. The van der Waals surface area contributed by atoms with Crippen molar-refractivity contribution in [2.75, 3.05) is 12.3 Å². The smallest absolute Gasteiger partial charge is 0.230 e. The molecule has 3 aliphatic rings. The summed E-state index contributed by atoms with van der Waals surface area (Å²) >= 11 is 1.76. The van der Waals surface area contributed by atoms with Crippen molar-refractivity contribution in [2.45, 2.75) is 44.6 Å². The Bertz CT molecular complexity index is 602. The first-order valence-electron chi connectivity index (χ1n) is 8.73. The molecule has 5 heteroatoms. The minimum atomic E-state index is 0.0240. The summed E-state index contributed by atoms with van der Waals surface area (Å²) in [5, 5.41) is 0. The minimum Gasteiger partial charge on any atom is -0.339 e. The van der Waals surface area contributed by atoms with E-state index in [1.807, 2.05) is 12.4 Å². The number of thioether (sulfide) groups is 1. The van der Waals surface area contributed by atoms with Gasteiger partial charge in [0.1, 0.15) is 6.33 Å². The van der Waals surface area contributed by atoms with Gasteiger partial charge in [0.2, 0.25) is 5.91 Å². The molecule has 3 heterocycles. The summed E-state index contributed by atoms with van der Waals surface area (Å²) < 4.78 is 0. The monoisotopic (exact) mass is 329 g/mol. The van der Waals surface area contributed by atoms with Crippen LogP contribution in [0, 0.1) is 11.8 Å². The van der Waals surface area contributed by atoms with Gasteiger partial charge in [-0.15, -0.1) is 11.8 Å². The van der Waals surface area contributed by atoms with E-state index >= 15 is 0 Å². The molecule has 0 bridgehead atoms. The molecular formula is C18H23N3OS. The van der Waals surface area contributed by atoms with E-state index in [1.54, 1.807) is 18.1 Å². The van der Waals surface area contributed by atoms with Gasteiger partial charge in [0, 0.05) is 41.2 Å². The van der Waals surface area contributed by atoms with Crippen molar-refractivity contribution >= 4 is 22.6 Å². The van der Waals surface area contributed by atoms with E-state index in [0.29, 0.717) is 11.9 Å². The topological polar surface area (TPSA) is 46.1 Å². The highest BCUT2D eigenvalue weighted by molar-refractivity contribution is 8.08. The van der Waals surface area contributed by atoms with E-state index in [-0.39, 0.29) is 5.92 Å². The van der Waals surface area contributed by atoms with E-state index in [1.165, 1.54) is 38.5 Å². The van der Waals surface area contributed by atoms with Gasteiger partial charge in [0.25, 0.3) is 0 Å². The molecule has 1 saturated carbocycles. The first-order valence-corrected chi connectivity index (χ1v) is 9.72. The first-order chi connectivity index (χ1) is 11.3. The van der Waals surface area contributed by atoms with Gasteiger partial charge in [0.05, 0.1) is 5.92 Å². The summed E-state index contributed by atoms with van der Waals surface area (Å²) in [7, 11) is 0. The molecule has 2 fully saturated rings. The van der Waals surface area contributed by atoms with Gasteiger partial charge in [0.15, 0.2) is 0 Å². The summed E-state index contributed by atoms with van der Waals surface area (Å²) in [5.74, 6) is 1.98. The third-order valence-electron chi connectivity index (χ3n) is 5.46. The number of likely N-dealkylation sites (tertiary alicyclic amines) is 1. The number of rotatable bonds is 2. The van der Waals surface area contributed by atoms with Crippen molar-refractivity contribution in [1.29, 1.82) is 0 Å². The molecule has 0 spiro atoms. The standard InChI is InChI=1S/C18H23N3OS/c22-18(21-7-3-5-13-4-1-2-6-16(13)21)14-8-17(23-11-14)15-9-19-12-20-10-15/h8-10,12-14,16H,1-7,11H2.